The van der Waals surface area contributed by atoms with E-state index < -0.39 is 34.0 Å². The van der Waals surface area contributed by atoms with Crippen LogP contribution in [-0.2, 0) is 35.3 Å². The summed E-state index contributed by atoms with van der Waals surface area (Å²) in [6.07, 6.45) is 0. The molecule has 0 spiro atoms. The van der Waals surface area contributed by atoms with Crippen molar-refractivity contribution in [3.8, 4) is 5.75 Å². The van der Waals surface area contributed by atoms with Crippen LogP contribution >= 0.6 is 0 Å². The molecule has 0 aliphatic carbocycles. The van der Waals surface area contributed by atoms with Gasteiger partial charge in [0.15, 0.2) is 5.78 Å². The first-order valence-electron chi connectivity index (χ1n) is 13.0. The molecule has 1 N–H and O–H groups in total. The first kappa shape index (κ1) is 28.9. The van der Waals surface area contributed by atoms with Crippen LogP contribution in [0, 0.1) is 0 Å². The number of phenolic OH excluding ortho intramolecular Hbond substituents is 1. The normalized spacial score (nSPS) is 12.3. The number of hydrogen-bond donors (Lipinski definition) is 1. The molecule has 3 aromatic carbocycles. The molecule has 6 nitrogen and oxygen atoms in total. The number of aromatic hydroxyl groups is 1. The second-order valence-corrected chi connectivity index (χ2v) is 11.5. The summed E-state index contributed by atoms with van der Waals surface area (Å²) in [6.45, 7) is 14.7. The first-order valence-corrected chi connectivity index (χ1v) is 13.0. The Labute approximate surface area is 225 Å². The Morgan fingerprint density at radius 2 is 1.21 bits per heavy atom. The largest absolute Gasteiger partial charge is 0.507 e. The van der Waals surface area contributed by atoms with Gasteiger partial charge in [0.1, 0.15) is 5.75 Å². The summed E-state index contributed by atoms with van der Waals surface area (Å²) in [5.74, 6) is -2.70. The highest BCUT2D eigenvalue weighted by molar-refractivity contribution is 6.33. The lowest BCUT2D eigenvalue weighted by Gasteiger charge is -2.33. The van der Waals surface area contributed by atoms with Crippen molar-refractivity contribution in [3.63, 3.8) is 0 Å². The van der Waals surface area contributed by atoms with Crippen LogP contribution in [0.15, 0.2) is 54.6 Å². The van der Waals surface area contributed by atoms with Crippen molar-refractivity contribution in [3.05, 3.63) is 76.9 Å². The summed E-state index contributed by atoms with van der Waals surface area (Å²) in [4.78, 5) is 42.5. The van der Waals surface area contributed by atoms with Crippen LogP contribution in [0.4, 0.5) is 0 Å². The number of hydrogen-bond acceptors (Lipinski definition) is 6. The number of benzene rings is 3. The van der Waals surface area contributed by atoms with Gasteiger partial charge in [0.25, 0.3) is 5.41 Å². The number of carbonyl (C=O) groups excluding carboxylic acids is 3. The molecule has 0 bridgehead atoms. The highest BCUT2D eigenvalue weighted by atomic mass is 16.6. The van der Waals surface area contributed by atoms with Crippen molar-refractivity contribution in [1.29, 1.82) is 0 Å². The lowest BCUT2D eigenvalue weighted by atomic mass is 9.69. The van der Waals surface area contributed by atoms with E-state index in [-0.39, 0.29) is 30.1 Å². The van der Waals surface area contributed by atoms with Gasteiger partial charge in [-0.05, 0) is 64.3 Å². The van der Waals surface area contributed by atoms with Crippen molar-refractivity contribution >= 4 is 28.5 Å². The second-order valence-electron chi connectivity index (χ2n) is 11.5. The van der Waals surface area contributed by atoms with E-state index in [0.29, 0.717) is 16.5 Å². The number of fused-ring (bicyclic) bond motifs is 1. The Hall–Kier alpha value is -3.67. The molecule has 0 radical (unpaired) electrons. The summed E-state index contributed by atoms with van der Waals surface area (Å²) in [6, 6.07) is 15.6. The summed E-state index contributed by atoms with van der Waals surface area (Å²) in [5, 5.41) is 12.7. The fraction of sp³-hybridized carbons (Fsp3) is 0.406. The molecule has 0 aliphatic rings. The van der Waals surface area contributed by atoms with Crippen molar-refractivity contribution in [1.82, 2.24) is 0 Å². The number of ether oxygens (including phenoxy) is 2. The first-order chi connectivity index (χ1) is 17.7. The Kier molecular flexibility index (Phi) is 8.06. The van der Waals surface area contributed by atoms with Gasteiger partial charge in [0.2, 0.25) is 0 Å². The Bertz CT molecular complexity index is 1310. The Balaban J connectivity index is 2.54. The van der Waals surface area contributed by atoms with Crippen molar-refractivity contribution in [2.45, 2.75) is 71.6 Å². The quantitative estimate of drug-likeness (QED) is 0.222. The summed E-state index contributed by atoms with van der Waals surface area (Å²) in [5.41, 5.74) is -2.27. The van der Waals surface area contributed by atoms with Gasteiger partial charge < -0.3 is 14.6 Å². The fourth-order valence-corrected chi connectivity index (χ4v) is 4.73. The van der Waals surface area contributed by atoms with Gasteiger partial charge in [0.05, 0.1) is 13.2 Å². The summed E-state index contributed by atoms with van der Waals surface area (Å²) < 4.78 is 10.9. The molecule has 6 heteroatoms. The number of ketones is 1. The zero-order valence-electron chi connectivity index (χ0n) is 23.6. The molecule has 0 fully saturated rings. The van der Waals surface area contributed by atoms with Crippen LogP contribution in [0.1, 0.15) is 82.4 Å². The zero-order chi connectivity index (χ0) is 28.5. The molecule has 0 unspecified atom stereocenters. The molecule has 0 amide bonds. The van der Waals surface area contributed by atoms with E-state index in [1.807, 2.05) is 59.7 Å². The molecule has 0 saturated carbocycles. The van der Waals surface area contributed by atoms with Crippen LogP contribution < -0.4 is 0 Å². The fourth-order valence-electron chi connectivity index (χ4n) is 4.73. The van der Waals surface area contributed by atoms with Gasteiger partial charge in [-0.15, -0.1) is 0 Å². The third kappa shape index (κ3) is 5.04. The maximum absolute atomic E-state index is 14.7. The van der Waals surface area contributed by atoms with Crippen LogP contribution in [0.3, 0.4) is 0 Å². The standard InChI is InChI=1S/C32H38O6/c1-9-37-28(35)32(29(36)38-10-2,27(34)23-17-13-15-20-14-11-12-16-22(20)23)21-18-24(30(3,4)5)26(33)25(19-21)31(6,7)8/h11-19,33H,9-10H2,1-8H3. The van der Waals surface area contributed by atoms with Crippen LogP contribution in [0.2, 0.25) is 0 Å². The highest BCUT2D eigenvalue weighted by Gasteiger charge is 2.58. The van der Waals surface area contributed by atoms with E-state index in [4.69, 9.17) is 9.47 Å². The Morgan fingerprint density at radius 3 is 1.68 bits per heavy atom. The minimum absolute atomic E-state index is 0.0425. The second kappa shape index (κ2) is 10.6. The molecular formula is C32H38O6. The van der Waals surface area contributed by atoms with Gasteiger partial charge >= 0.3 is 11.9 Å². The van der Waals surface area contributed by atoms with E-state index in [0.717, 1.165) is 5.39 Å². The van der Waals surface area contributed by atoms with E-state index in [9.17, 15) is 19.5 Å². The minimum atomic E-state index is -2.44. The monoisotopic (exact) mass is 518 g/mol. The average Bonchev–Trinajstić information content (AvgIpc) is 2.83. The number of phenols is 1. The molecule has 0 saturated heterocycles. The third-order valence-corrected chi connectivity index (χ3v) is 6.70. The maximum atomic E-state index is 14.7. The summed E-state index contributed by atoms with van der Waals surface area (Å²) in [7, 11) is 0. The molecule has 3 rings (SSSR count). The van der Waals surface area contributed by atoms with Crippen LogP contribution in [0.5, 0.6) is 5.75 Å². The minimum Gasteiger partial charge on any atom is -0.507 e. The zero-order valence-corrected chi connectivity index (χ0v) is 23.6. The highest BCUT2D eigenvalue weighted by Crippen LogP contribution is 2.44. The number of rotatable bonds is 7. The number of esters is 2. The SMILES string of the molecule is CCOC(=O)C(C(=O)OCC)(C(=O)c1cccc2ccccc12)c1cc(C(C)(C)C)c(O)c(C(C)(C)C)c1. The van der Waals surface area contributed by atoms with Gasteiger partial charge in [-0.3, -0.25) is 4.79 Å². The van der Waals surface area contributed by atoms with Crippen LogP contribution in [0.25, 0.3) is 10.8 Å². The van der Waals surface area contributed by atoms with E-state index in [1.165, 1.54) is 0 Å². The van der Waals surface area contributed by atoms with Crippen molar-refractivity contribution in [2.24, 2.45) is 0 Å². The smallest absolute Gasteiger partial charge is 0.336 e. The number of Topliss-reactive ketones (excluding diaryl/α,β-unsaturated/α-hetero) is 1. The number of carbonyl (C=O) groups is 3. The van der Waals surface area contributed by atoms with Gasteiger partial charge in [-0.25, -0.2) is 9.59 Å². The molecular weight excluding hydrogens is 480 g/mol. The molecule has 0 atom stereocenters. The lowest BCUT2D eigenvalue weighted by molar-refractivity contribution is -0.161. The lowest BCUT2D eigenvalue weighted by Crippen LogP contribution is -2.53. The van der Waals surface area contributed by atoms with Crippen molar-refractivity contribution < 1.29 is 29.0 Å². The van der Waals surface area contributed by atoms with Crippen LogP contribution in [-0.4, -0.2) is 36.0 Å². The Morgan fingerprint density at radius 1 is 0.737 bits per heavy atom. The van der Waals surface area contributed by atoms with Gasteiger partial charge in [0, 0.05) is 5.56 Å². The molecule has 202 valence electrons. The van der Waals surface area contributed by atoms with Gasteiger partial charge in [-0.2, -0.15) is 0 Å². The topological polar surface area (TPSA) is 89.9 Å². The maximum Gasteiger partial charge on any atom is 0.336 e. The van der Waals surface area contributed by atoms with Crippen molar-refractivity contribution in [2.75, 3.05) is 13.2 Å². The molecule has 0 heterocycles. The molecule has 0 aliphatic heterocycles. The molecule has 3 aromatic rings. The van der Waals surface area contributed by atoms with E-state index in [1.54, 1.807) is 50.2 Å². The molecule has 0 aromatic heterocycles. The predicted molar refractivity (Wildman–Crippen MR) is 149 cm³/mol. The summed E-state index contributed by atoms with van der Waals surface area (Å²) >= 11 is 0. The molecule has 38 heavy (non-hydrogen) atoms. The third-order valence-electron chi connectivity index (χ3n) is 6.70. The van der Waals surface area contributed by atoms with E-state index >= 15 is 0 Å². The van der Waals surface area contributed by atoms with E-state index in [2.05, 4.69) is 0 Å². The predicted octanol–water partition coefficient (Wildman–Crippen LogP) is 6.39. The average molecular weight is 519 g/mol. The van der Waals surface area contributed by atoms with Gasteiger partial charge in [-0.1, -0.05) is 84.0 Å².